The molecule has 4 N–H and O–H groups in total. The first-order valence-corrected chi connectivity index (χ1v) is 21.8. The van der Waals surface area contributed by atoms with Crippen LogP contribution in [0.4, 0.5) is 0 Å². The molecule has 6 unspecified atom stereocenters. The molecule has 0 spiro atoms. The van der Waals surface area contributed by atoms with Crippen LogP contribution in [0.3, 0.4) is 0 Å². The van der Waals surface area contributed by atoms with Crippen LogP contribution in [-0.2, 0) is 38.3 Å². The summed E-state index contributed by atoms with van der Waals surface area (Å²) in [4.78, 5) is 12.8. The summed E-state index contributed by atoms with van der Waals surface area (Å²) in [6.45, 7) is 3.79. The predicted octanol–water partition coefficient (Wildman–Crippen LogP) is 7.63. The Hall–Kier alpha value is -1.94. The number of aliphatic hydroxyl groups excluding tert-OH is 3. The van der Waals surface area contributed by atoms with Crippen molar-refractivity contribution in [3.8, 4) is 0 Å². The van der Waals surface area contributed by atoms with Gasteiger partial charge in [0.25, 0.3) is 0 Å². The lowest BCUT2D eigenvalue weighted by molar-refractivity contribution is -0.301. The number of carbonyl (C=O) groups is 1. The van der Waals surface area contributed by atoms with E-state index in [-0.39, 0.29) is 19.6 Å². The van der Waals surface area contributed by atoms with Crippen molar-refractivity contribution in [2.45, 2.75) is 179 Å². The molecular formula is C41H72O12S. The fourth-order valence-electron chi connectivity index (χ4n) is 5.80. The number of carbonyl (C=O) groups excluding carboxylic acids is 1. The van der Waals surface area contributed by atoms with Crippen LogP contribution >= 0.6 is 0 Å². The van der Waals surface area contributed by atoms with Crippen LogP contribution in [0.25, 0.3) is 0 Å². The maximum absolute atomic E-state index is 12.8. The van der Waals surface area contributed by atoms with Crippen molar-refractivity contribution in [2.24, 2.45) is 0 Å². The van der Waals surface area contributed by atoms with Crippen LogP contribution in [-0.4, -0.2) is 97.5 Å². The minimum atomic E-state index is -5.06. The SMILES string of the molecule is CCC/C=C\C/C=C\CCCCCCCCOCC(COC1OC(CO)C(O)C(OS(=O)(=O)O)C1O)OC(=O)CCCCCCC/C=C\C/C=C\CCC. The van der Waals surface area contributed by atoms with Gasteiger partial charge in [0, 0.05) is 13.0 Å². The Morgan fingerprint density at radius 1 is 0.704 bits per heavy atom. The monoisotopic (exact) mass is 788 g/mol. The average Bonchev–Trinajstić information content (AvgIpc) is 3.14. The summed E-state index contributed by atoms with van der Waals surface area (Å²) >= 11 is 0. The van der Waals surface area contributed by atoms with Gasteiger partial charge in [-0.1, -0.05) is 120 Å². The van der Waals surface area contributed by atoms with Gasteiger partial charge in [-0.25, -0.2) is 4.18 Å². The molecule has 54 heavy (non-hydrogen) atoms. The maximum Gasteiger partial charge on any atom is 0.397 e. The van der Waals surface area contributed by atoms with Gasteiger partial charge in [0.2, 0.25) is 0 Å². The van der Waals surface area contributed by atoms with Crippen LogP contribution in [0.5, 0.6) is 0 Å². The second-order valence-electron chi connectivity index (χ2n) is 13.9. The molecule has 0 aromatic carbocycles. The lowest BCUT2D eigenvalue weighted by atomic mass is 9.99. The van der Waals surface area contributed by atoms with Gasteiger partial charge in [0.15, 0.2) is 6.29 Å². The normalized spacial score (nSPS) is 21.6. The first kappa shape index (κ1) is 50.1. The van der Waals surface area contributed by atoms with E-state index in [0.29, 0.717) is 13.0 Å². The Morgan fingerprint density at radius 3 is 1.76 bits per heavy atom. The Labute approximate surface area is 326 Å². The van der Waals surface area contributed by atoms with E-state index in [1.807, 2.05) is 0 Å². The molecule has 0 bridgehead atoms. The molecule has 1 heterocycles. The Morgan fingerprint density at radius 2 is 1.22 bits per heavy atom. The van der Waals surface area contributed by atoms with Crippen LogP contribution < -0.4 is 0 Å². The van der Waals surface area contributed by atoms with Crippen molar-refractivity contribution in [2.75, 3.05) is 26.4 Å². The van der Waals surface area contributed by atoms with Crippen molar-refractivity contribution in [1.82, 2.24) is 0 Å². The molecule has 1 aliphatic rings. The number of unbranched alkanes of at least 4 members (excludes halogenated alkanes) is 13. The number of ether oxygens (including phenoxy) is 4. The van der Waals surface area contributed by atoms with E-state index in [2.05, 4.69) is 66.6 Å². The molecule has 0 amide bonds. The van der Waals surface area contributed by atoms with E-state index in [1.165, 1.54) is 25.7 Å². The highest BCUT2D eigenvalue weighted by Crippen LogP contribution is 2.26. The van der Waals surface area contributed by atoms with E-state index in [0.717, 1.165) is 89.9 Å². The molecule has 1 rings (SSSR count). The molecule has 1 aliphatic heterocycles. The summed E-state index contributed by atoms with van der Waals surface area (Å²) in [6.07, 6.45) is 28.6. The van der Waals surface area contributed by atoms with Gasteiger partial charge in [0.05, 0.1) is 19.8 Å². The van der Waals surface area contributed by atoms with E-state index < -0.39 is 59.8 Å². The largest absolute Gasteiger partial charge is 0.457 e. The minimum Gasteiger partial charge on any atom is -0.457 e. The smallest absolute Gasteiger partial charge is 0.397 e. The quantitative estimate of drug-likeness (QED) is 0.0217. The summed E-state index contributed by atoms with van der Waals surface area (Å²) < 4.78 is 58.8. The summed E-state index contributed by atoms with van der Waals surface area (Å²) in [6, 6.07) is 0. The van der Waals surface area contributed by atoms with Crippen LogP contribution in [0, 0.1) is 0 Å². The number of allylic oxidation sites excluding steroid dienone is 8. The number of esters is 1. The molecule has 1 saturated heterocycles. The van der Waals surface area contributed by atoms with Crippen LogP contribution in [0.1, 0.15) is 142 Å². The second-order valence-corrected chi connectivity index (χ2v) is 14.9. The number of aliphatic hydroxyl groups is 3. The van der Waals surface area contributed by atoms with Crippen LogP contribution in [0.2, 0.25) is 0 Å². The highest BCUT2D eigenvalue weighted by Gasteiger charge is 2.48. The Bertz CT molecular complexity index is 1140. The van der Waals surface area contributed by atoms with E-state index >= 15 is 0 Å². The molecule has 13 heteroatoms. The molecule has 314 valence electrons. The molecular weight excluding hydrogens is 717 g/mol. The van der Waals surface area contributed by atoms with Gasteiger partial charge >= 0.3 is 16.4 Å². The van der Waals surface area contributed by atoms with Gasteiger partial charge in [-0.3, -0.25) is 9.35 Å². The van der Waals surface area contributed by atoms with Gasteiger partial charge in [-0.15, -0.1) is 0 Å². The molecule has 0 saturated carbocycles. The highest BCUT2D eigenvalue weighted by molar-refractivity contribution is 7.80. The molecule has 1 fully saturated rings. The van der Waals surface area contributed by atoms with Gasteiger partial charge in [-0.2, -0.15) is 8.42 Å². The summed E-state index contributed by atoms with van der Waals surface area (Å²) in [7, 11) is -5.06. The zero-order chi connectivity index (χ0) is 39.7. The Kier molecular flexibility index (Phi) is 30.8. The predicted molar refractivity (Wildman–Crippen MR) is 211 cm³/mol. The number of hydrogen-bond donors (Lipinski definition) is 4. The van der Waals surface area contributed by atoms with Crippen molar-refractivity contribution in [3.63, 3.8) is 0 Å². The van der Waals surface area contributed by atoms with Gasteiger partial charge in [-0.05, 0) is 64.2 Å². The third kappa shape index (κ3) is 26.8. The van der Waals surface area contributed by atoms with Gasteiger partial charge in [0.1, 0.15) is 30.5 Å². The Balaban J connectivity index is 2.50. The first-order chi connectivity index (χ1) is 26.1. The summed E-state index contributed by atoms with van der Waals surface area (Å²) in [5.41, 5.74) is 0. The molecule has 12 nitrogen and oxygen atoms in total. The zero-order valence-electron chi connectivity index (χ0n) is 33.0. The third-order valence-electron chi connectivity index (χ3n) is 8.89. The molecule has 0 radical (unpaired) electrons. The fourth-order valence-corrected chi connectivity index (χ4v) is 6.31. The minimum absolute atomic E-state index is 0.0213. The average molecular weight is 789 g/mol. The zero-order valence-corrected chi connectivity index (χ0v) is 33.8. The van der Waals surface area contributed by atoms with E-state index in [9.17, 15) is 28.5 Å². The third-order valence-corrected chi connectivity index (χ3v) is 9.35. The number of hydrogen-bond acceptors (Lipinski definition) is 11. The number of rotatable bonds is 34. The van der Waals surface area contributed by atoms with Crippen LogP contribution in [0.15, 0.2) is 48.6 Å². The maximum atomic E-state index is 12.8. The molecule has 0 aromatic heterocycles. The molecule has 0 aliphatic carbocycles. The second kappa shape index (κ2) is 33.2. The van der Waals surface area contributed by atoms with Crippen molar-refractivity contribution in [3.05, 3.63) is 48.6 Å². The fraction of sp³-hybridized carbons (Fsp3) is 0.780. The van der Waals surface area contributed by atoms with E-state index in [1.54, 1.807) is 0 Å². The lowest BCUT2D eigenvalue weighted by Crippen LogP contribution is -2.60. The summed E-state index contributed by atoms with van der Waals surface area (Å²) in [5, 5.41) is 30.6. The summed E-state index contributed by atoms with van der Waals surface area (Å²) in [5.74, 6) is -0.421. The van der Waals surface area contributed by atoms with Crippen molar-refractivity contribution in [1.29, 1.82) is 0 Å². The van der Waals surface area contributed by atoms with Gasteiger partial charge < -0.3 is 34.3 Å². The van der Waals surface area contributed by atoms with Crippen molar-refractivity contribution < 1.29 is 56.2 Å². The molecule has 0 aromatic rings. The standard InChI is InChI=1S/C41H72O12S/c1-3-5-7-9-11-13-15-17-19-21-23-25-27-29-31-49-33-35(34-50-41-39(45)40(53-54(46,47)48)38(44)36(32-42)52-41)51-37(43)30-28-26-24-22-20-18-16-14-12-10-8-6-4-2/h7-10,13-16,35-36,38-42,44-45H,3-6,11-12,17-34H2,1-2H3,(H,46,47,48)/b9-7-,10-8-,15-13-,16-14-. The van der Waals surface area contributed by atoms with E-state index in [4.69, 9.17) is 23.5 Å². The highest BCUT2D eigenvalue weighted by atomic mass is 32.3. The molecule has 6 atom stereocenters. The lowest BCUT2D eigenvalue weighted by Gasteiger charge is -2.41. The first-order valence-electron chi connectivity index (χ1n) is 20.4. The topological polar surface area (TPSA) is 178 Å². The van der Waals surface area contributed by atoms with Crippen molar-refractivity contribution >= 4 is 16.4 Å².